The molecule has 3 aromatic rings. The van der Waals surface area contributed by atoms with Gasteiger partial charge in [-0.2, -0.15) is 5.10 Å². The minimum Gasteiger partial charge on any atom is -0.494 e. The van der Waals surface area contributed by atoms with Gasteiger partial charge in [0.15, 0.2) is 5.76 Å². The van der Waals surface area contributed by atoms with Crippen LogP contribution in [0.3, 0.4) is 0 Å². The number of unbranched alkanes of at least 4 members (excludes halogenated alkanes) is 1. The third kappa shape index (κ3) is 5.34. The third-order valence-electron chi connectivity index (χ3n) is 5.45. The lowest BCUT2D eigenvalue weighted by molar-refractivity contribution is 0.0957. The molecule has 0 saturated carbocycles. The van der Waals surface area contributed by atoms with Crippen molar-refractivity contribution in [2.45, 2.75) is 46.0 Å². The van der Waals surface area contributed by atoms with E-state index in [1.807, 2.05) is 42.6 Å². The second-order valence-electron chi connectivity index (χ2n) is 7.87. The lowest BCUT2D eigenvalue weighted by atomic mass is 9.93. The highest BCUT2D eigenvalue weighted by atomic mass is 32.1. The first-order chi connectivity index (χ1) is 16.1. The average molecular weight is 466 g/mol. The molecule has 33 heavy (non-hydrogen) atoms. The molecule has 2 heterocycles. The van der Waals surface area contributed by atoms with Crippen LogP contribution < -0.4 is 15.5 Å². The van der Waals surface area contributed by atoms with Crippen LogP contribution in [0.5, 0.6) is 5.75 Å². The number of furan rings is 1. The van der Waals surface area contributed by atoms with E-state index < -0.39 is 0 Å². The maximum atomic E-state index is 12.9. The summed E-state index contributed by atoms with van der Waals surface area (Å²) in [6.45, 7) is 4.65. The number of amides is 2. The number of hydrazone groups is 1. The summed E-state index contributed by atoms with van der Waals surface area (Å²) in [7, 11) is 0. The molecule has 1 aromatic carbocycles. The normalized spacial score (nSPS) is 14.1. The fourth-order valence-electron chi connectivity index (χ4n) is 3.73. The summed E-state index contributed by atoms with van der Waals surface area (Å²) < 4.78 is 11.6. The highest BCUT2D eigenvalue weighted by molar-refractivity contribution is 7.12. The molecule has 2 N–H and O–H groups in total. The molecule has 8 heteroatoms. The fourth-order valence-corrected chi connectivity index (χ4v) is 4.35. The first kappa shape index (κ1) is 22.8. The molecule has 0 aliphatic heterocycles. The summed E-state index contributed by atoms with van der Waals surface area (Å²) in [6, 6.07) is 10.9. The number of carbonyl (C=O) groups excluding carboxylic acids is 2. The molecule has 0 atom stereocenters. The van der Waals surface area contributed by atoms with E-state index >= 15 is 0 Å². The van der Waals surface area contributed by atoms with Crippen LogP contribution in [0.25, 0.3) is 0 Å². The van der Waals surface area contributed by atoms with Crippen LogP contribution in [0.2, 0.25) is 0 Å². The third-order valence-corrected chi connectivity index (χ3v) is 6.32. The first-order valence-electron chi connectivity index (χ1n) is 11.1. The zero-order valence-corrected chi connectivity index (χ0v) is 19.6. The van der Waals surface area contributed by atoms with Gasteiger partial charge in [0.2, 0.25) is 0 Å². The Morgan fingerprint density at radius 2 is 1.97 bits per heavy atom. The van der Waals surface area contributed by atoms with E-state index in [-0.39, 0.29) is 17.6 Å². The Bertz CT molecular complexity index is 1150. The van der Waals surface area contributed by atoms with Gasteiger partial charge in [0, 0.05) is 23.2 Å². The number of thiophene rings is 1. The molecule has 172 valence electrons. The number of nitrogens with one attached hydrogen (secondary N) is 2. The van der Waals surface area contributed by atoms with Crippen LogP contribution in [0.4, 0.5) is 5.69 Å². The van der Waals surface area contributed by atoms with Gasteiger partial charge >= 0.3 is 0 Å². The summed E-state index contributed by atoms with van der Waals surface area (Å²) in [5.74, 6) is 1.21. The van der Waals surface area contributed by atoms with E-state index in [0.717, 1.165) is 54.0 Å². The molecule has 1 aliphatic rings. The number of carbonyl (C=O) groups is 2. The van der Waals surface area contributed by atoms with Crippen molar-refractivity contribution in [1.29, 1.82) is 0 Å². The van der Waals surface area contributed by atoms with Gasteiger partial charge in [-0.3, -0.25) is 9.59 Å². The highest BCUT2D eigenvalue weighted by Gasteiger charge is 2.28. The standard InChI is InChI=1S/C25H27N3O4S/c1-3-4-14-31-18-12-10-17(11-13-18)26-25(30)23-16(2)22-19(7-5-8-20(22)32-23)27-28-24(29)21-9-6-15-33-21/h6,9-13,15H,3-5,7-8,14H2,1-2H3,(H,26,30)(H,28,29)/b27-19+. The van der Waals surface area contributed by atoms with Gasteiger partial charge in [0.25, 0.3) is 11.8 Å². The number of nitrogens with zero attached hydrogens (tertiary/aromatic N) is 1. The largest absolute Gasteiger partial charge is 0.494 e. The summed E-state index contributed by atoms with van der Waals surface area (Å²) in [5.41, 5.74) is 5.57. The number of ether oxygens (including phenoxy) is 1. The molecule has 0 fully saturated rings. The molecule has 0 radical (unpaired) electrons. The quantitative estimate of drug-likeness (QED) is 0.337. The molecule has 4 rings (SSSR count). The van der Waals surface area contributed by atoms with Crippen molar-refractivity contribution in [1.82, 2.24) is 5.43 Å². The van der Waals surface area contributed by atoms with E-state index in [1.165, 1.54) is 11.3 Å². The second-order valence-corrected chi connectivity index (χ2v) is 8.81. The van der Waals surface area contributed by atoms with E-state index in [2.05, 4.69) is 22.8 Å². The van der Waals surface area contributed by atoms with Crippen LogP contribution in [0.1, 0.15) is 69.7 Å². The number of anilines is 1. The fraction of sp³-hybridized carbons (Fsp3) is 0.320. The van der Waals surface area contributed by atoms with Gasteiger partial charge in [0.05, 0.1) is 17.2 Å². The first-order valence-corrected chi connectivity index (χ1v) is 12.0. The number of fused-ring (bicyclic) bond motifs is 1. The predicted molar refractivity (Wildman–Crippen MR) is 130 cm³/mol. The molecule has 0 unspecified atom stereocenters. The van der Waals surface area contributed by atoms with Crippen LogP contribution >= 0.6 is 11.3 Å². The SMILES string of the molecule is CCCCOc1ccc(NC(=O)c2oc3c(c2C)/C(=N/NC(=O)c2cccs2)CCC3)cc1. The minimum atomic E-state index is -0.316. The van der Waals surface area contributed by atoms with E-state index in [0.29, 0.717) is 23.6 Å². The Morgan fingerprint density at radius 1 is 1.15 bits per heavy atom. The van der Waals surface area contributed by atoms with Gasteiger partial charge in [-0.05, 0) is 61.9 Å². The number of hydrogen-bond acceptors (Lipinski definition) is 6. The van der Waals surface area contributed by atoms with Gasteiger partial charge in [0.1, 0.15) is 11.5 Å². The Morgan fingerprint density at radius 3 is 2.70 bits per heavy atom. The minimum absolute atomic E-state index is 0.245. The van der Waals surface area contributed by atoms with Crippen LogP contribution in [-0.2, 0) is 6.42 Å². The Kier molecular flexibility index (Phi) is 7.24. The summed E-state index contributed by atoms with van der Waals surface area (Å²) in [6.07, 6.45) is 4.36. The monoisotopic (exact) mass is 465 g/mol. The van der Waals surface area contributed by atoms with Crippen molar-refractivity contribution in [3.05, 3.63) is 69.3 Å². The summed E-state index contributed by atoms with van der Waals surface area (Å²) >= 11 is 1.36. The molecular formula is C25H27N3O4S. The number of benzene rings is 1. The molecule has 2 aromatic heterocycles. The van der Waals surface area contributed by atoms with Crippen molar-refractivity contribution in [2.24, 2.45) is 5.10 Å². The average Bonchev–Trinajstić information content (AvgIpc) is 3.48. The topological polar surface area (TPSA) is 92.9 Å². The van der Waals surface area contributed by atoms with Gasteiger partial charge in [-0.15, -0.1) is 11.3 Å². The van der Waals surface area contributed by atoms with E-state index in [9.17, 15) is 9.59 Å². The van der Waals surface area contributed by atoms with Gasteiger partial charge in [-0.1, -0.05) is 19.4 Å². The van der Waals surface area contributed by atoms with Crippen LogP contribution in [0.15, 0.2) is 51.3 Å². The van der Waals surface area contributed by atoms with Crippen LogP contribution in [-0.4, -0.2) is 24.1 Å². The smallest absolute Gasteiger partial charge is 0.291 e. The van der Waals surface area contributed by atoms with Gasteiger partial charge in [-0.25, -0.2) is 5.43 Å². The molecule has 0 saturated heterocycles. The lowest BCUT2D eigenvalue weighted by Gasteiger charge is -2.13. The zero-order chi connectivity index (χ0) is 23.2. The van der Waals surface area contributed by atoms with Crippen molar-refractivity contribution < 1.29 is 18.7 Å². The van der Waals surface area contributed by atoms with Crippen LogP contribution in [0, 0.1) is 6.92 Å². The molecule has 7 nitrogen and oxygen atoms in total. The van der Waals surface area contributed by atoms with Crippen molar-refractivity contribution >= 4 is 34.6 Å². The molecule has 0 spiro atoms. The van der Waals surface area contributed by atoms with Gasteiger partial charge < -0.3 is 14.5 Å². The zero-order valence-electron chi connectivity index (χ0n) is 18.8. The second kappa shape index (κ2) is 10.5. The Balaban J connectivity index is 1.47. The summed E-state index contributed by atoms with van der Waals surface area (Å²) in [5, 5.41) is 9.09. The Hall–Kier alpha value is -3.39. The number of hydrogen-bond donors (Lipinski definition) is 2. The number of rotatable bonds is 8. The highest BCUT2D eigenvalue weighted by Crippen LogP contribution is 2.30. The van der Waals surface area contributed by atoms with E-state index in [4.69, 9.17) is 9.15 Å². The summed E-state index contributed by atoms with van der Waals surface area (Å²) in [4.78, 5) is 25.8. The lowest BCUT2D eigenvalue weighted by Crippen LogP contribution is -2.21. The van der Waals surface area contributed by atoms with Crippen molar-refractivity contribution in [3.8, 4) is 5.75 Å². The molecular weight excluding hydrogens is 438 g/mol. The predicted octanol–water partition coefficient (Wildman–Crippen LogP) is 5.55. The molecule has 2 amide bonds. The van der Waals surface area contributed by atoms with Crippen molar-refractivity contribution in [3.63, 3.8) is 0 Å². The van der Waals surface area contributed by atoms with Crippen molar-refractivity contribution in [2.75, 3.05) is 11.9 Å². The Labute approximate surface area is 196 Å². The molecule has 1 aliphatic carbocycles. The molecule has 0 bridgehead atoms. The maximum Gasteiger partial charge on any atom is 0.291 e. The maximum absolute atomic E-state index is 12.9. The number of aryl methyl sites for hydroxylation is 1. The van der Waals surface area contributed by atoms with E-state index in [1.54, 1.807) is 6.07 Å².